The molecule has 9 heteroatoms. The number of likely N-dealkylation sites (N-methyl/N-ethyl adjacent to an activating group) is 1. The van der Waals surface area contributed by atoms with Gasteiger partial charge in [-0.25, -0.2) is 18.0 Å². The number of nitrogens with zero attached hydrogens (tertiary/aromatic N) is 1. The highest BCUT2D eigenvalue weighted by atomic mass is 19.3. The maximum absolute atomic E-state index is 15.3. The van der Waals surface area contributed by atoms with Crippen molar-refractivity contribution in [3.8, 4) is 0 Å². The predicted molar refractivity (Wildman–Crippen MR) is 143 cm³/mol. The van der Waals surface area contributed by atoms with Crippen molar-refractivity contribution in [2.45, 2.75) is 88.7 Å². The van der Waals surface area contributed by atoms with Crippen molar-refractivity contribution >= 4 is 6.03 Å². The van der Waals surface area contributed by atoms with E-state index in [2.05, 4.69) is 10.6 Å². The third-order valence-corrected chi connectivity index (χ3v) is 8.43. The molecule has 1 saturated heterocycles. The summed E-state index contributed by atoms with van der Waals surface area (Å²) in [6, 6.07) is 4.73. The van der Waals surface area contributed by atoms with Gasteiger partial charge in [0.15, 0.2) is 0 Å². The molecular weight excluding hydrogens is 495 g/mol. The molecule has 0 bridgehead atoms. The number of likely N-dealkylation sites (tertiary alicyclic amines) is 1. The molecular formula is C29H46F3N3O3. The number of aliphatic hydroxyl groups is 1. The summed E-state index contributed by atoms with van der Waals surface area (Å²) in [5.74, 6) is -3.12. The molecule has 3 N–H and O–H groups in total. The zero-order valence-electron chi connectivity index (χ0n) is 23.2. The van der Waals surface area contributed by atoms with E-state index in [9.17, 15) is 18.7 Å². The van der Waals surface area contributed by atoms with Crippen LogP contribution in [0.4, 0.5) is 18.0 Å². The lowest BCUT2D eigenvalue weighted by molar-refractivity contribution is -0.0590. The largest absolute Gasteiger partial charge is 0.385 e. The van der Waals surface area contributed by atoms with Gasteiger partial charge in [0.05, 0.1) is 5.60 Å². The van der Waals surface area contributed by atoms with Crippen LogP contribution in [0.2, 0.25) is 0 Å². The molecule has 2 amide bonds. The summed E-state index contributed by atoms with van der Waals surface area (Å²) in [4.78, 5) is 15.1. The van der Waals surface area contributed by atoms with E-state index in [1.807, 2.05) is 7.05 Å². The molecule has 1 aromatic carbocycles. The number of unbranched alkanes of at least 4 members (excludes halogenated alkanes) is 1. The Morgan fingerprint density at radius 3 is 2.68 bits per heavy atom. The molecule has 2 fully saturated rings. The van der Waals surface area contributed by atoms with Crippen molar-refractivity contribution < 1.29 is 27.8 Å². The SMILES string of the molecule is CNCC(CC1CCC(F)(F)CC1)NC(=O)N1CCC[C@@H]([C@@](O)(CCCCOC)c2cccc(C)c2F)C1. The number of halogens is 3. The average Bonchev–Trinajstić information content (AvgIpc) is 2.89. The Labute approximate surface area is 225 Å². The molecule has 1 aliphatic carbocycles. The number of amides is 2. The Hall–Kier alpha value is -1.84. The highest BCUT2D eigenvalue weighted by molar-refractivity contribution is 5.74. The molecule has 38 heavy (non-hydrogen) atoms. The van der Waals surface area contributed by atoms with E-state index in [-0.39, 0.29) is 36.8 Å². The Morgan fingerprint density at radius 2 is 2.00 bits per heavy atom. The highest BCUT2D eigenvalue weighted by Crippen LogP contribution is 2.41. The molecule has 0 radical (unpaired) electrons. The summed E-state index contributed by atoms with van der Waals surface area (Å²) < 4.78 is 47.6. The Balaban J connectivity index is 1.70. The van der Waals surface area contributed by atoms with E-state index in [0.29, 0.717) is 82.3 Å². The van der Waals surface area contributed by atoms with E-state index < -0.39 is 17.3 Å². The van der Waals surface area contributed by atoms with Crippen LogP contribution in [0.3, 0.4) is 0 Å². The van der Waals surface area contributed by atoms with Gasteiger partial charge < -0.3 is 25.4 Å². The number of nitrogens with one attached hydrogen (secondary N) is 2. The maximum atomic E-state index is 15.3. The standard InChI is InChI=1S/C29H46F3N3O3/c1-21-8-6-10-25(26(21)30)29(37,13-4-5-17-38-3)23-9-7-16-35(20-23)27(36)34-24(19-33-2)18-22-11-14-28(31,32)15-12-22/h6,8,10,22-24,33,37H,4-5,7,9,11-20H2,1-3H3,(H,34,36)/t23-,24?,29+/m1/s1. The molecule has 0 spiro atoms. The maximum Gasteiger partial charge on any atom is 0.317 e. The lowest BCUT2D eigenvalue weighted by Crippen LogP contribution is -2.54. The molecule has 1 aromatic rings. The fraction of sp³-hybridized carbons (Fsp3) is 0.759. The van der Waals surface area contributed by atoms with Crippen LogP contribution in [0.25, 0.3) is 0 Å². The Morgan fingerprint density at radius 1 is 1.26 bits per heavy atom. The molecule has 1 saturated carbocycles. The molecule has 3 atom stereocenters. The molecule has 216 valence electrons. The number of rotatable bonds is 12. The Bertz CT molecular complexity index is 893. The average molecular weight is 542 g/mol. The number of hydrogen-bond acceptors (Lipinski definition) is 4. The summed E-state index contributed by atoms with van der Waals surface area (Å²) in [6.45, 7) is 3.69. The fourth-order valence-electron chi connectivity index (χ4n) is 6.18. The van der Waals surface area contributed by atoms with Crippen molar-refractivity contribution in [1.29, 1.82) is 0 Å². The minimum absolute atomic E-state index is 0.0931. The van der Waals surface area contributed by atoms with Gasteiger partial charge in [-0.05, 0) is 76.8 Å². The molecule has 1 aliphatic heterocycles. The highest BCUT2D eigenvalue weighted by Gasteiger charge is 2.43. The summed E-state index contributed by atoms with van der Waals surface area (Å²) in [7, 11) is 3.44. The fourth-order valence-corrected chi connectivity index (χ4v) is 6.18. The van der Waals surface area contributed by atoms with E-state index in [4.69, 9.17) is 4.74 Å². The second kappa shape index (κ2) is 14.0. The number of alkyl halides is 2. The number of carbonyl (C=O) groups is 1. The van der Waals surface area contributed by atoms with Crippen LogP contribution in [0.15, 0.2) is 18.2 Å². The first-order valence-corrected chi connectivity index (χ1v) is 14.1. The second-order valence-corrected chi connectivity index (χ2v) is 11.3. The molecule has 6 nitrogen and oxygen atoms in total. The van der Waals surface area contributed by atoms with Gasteiger partial charge >= 0.3 is 6.03 Å². The van der Waals surface area contributed by atoms with Crippen LogP contribution in [0, 0.1) is 24.6 Å². The quantitative estimate of drug-likeness (QED) is 0.312. The number of carbonyl (C=O) groups excluding carboxylic acids is 1. The van der Waals surface area contributed by atoms with Crippen molar-refractivity contribution in [1.82, 2.24) is 15.5 Å². The number of methoxy groups -OCH3 is 1. The minimum atomic E-state index is -2.57. The summed E-state index contributed by atoms with van der Waals surface area (Å²) >= 11 is 0. The number of hydrogen-bond donors (Lipinski definition) is 3. The molecule has 0 aromatic heterocycles. The van der Waals surface area contributed by atoms with E-state index in [0.717, 1.165) is 6.42 Å². The monoisotopic (exact) mass is 541 g/mol. The first kappa shape index (κ1) is 30.7. The van der Waals surface area contributed by atoms with Crippen molar-refractivity contribution in [2.75, 3.05) is 40.4 Å². The van der Waals surface area contributed by atoms with Crippen LogP contribution in [0.1, 0.15) is 75.3 Å². The van der Waals surface area contributed by atoms with Gasteiger partial charge in [-0.2, -0.15) is 0 Å². The van der Waals surface area contributed by atoms with Crippen molar-refractivity contribution in [3.63, 3.8) is 0 Å². The van der Waals surface area contributed by atoms with Gasteiger partial charge in [-0.1, -0.05) is 18.2 Å². The number of aryl methyl sites for hydroxylation is 1. The second-order valence-electron chi connectivity index (χ2n) is 11.3. The van der Waals surface area contributed by atoms with Crippen molar-refractivity contribution in [2.24, 2.45) is 11.8 Å². The Kier molecular flexibility index (Phi) is 11.3. The topological polar surface area (TPSA) is 73.8 Å². The van der Waals surface area contributed by atoms with Gasteiger partial charge in [0.1, 0.15) is 5.82 Å². The van der Waals surface area contributed by atoms with Gasteiger partial charge in [0, 0.05) is 63.7 Å². The smallest absolute Gasteiger partial charge is 0.317 e. The van der Waals surface area contributed by atoms with Gasteiger partial charge in [-0.3, -0.25) is 0 Å². The molecule has 1 heterocycles. The summed E-state index contributed by atoms with van der Waals surface area (Å²) in [5.41, 5.74) is -0.622. The predicted octanol–water partition coefficient (Wildman–Crippen LogP) is 5.36. The lowest BCUT2D eigenvalue weighted by atomic mass is 9.73. The van der Waals surface area contributed by atoms with Gasteiger partial charge in [0.25, 0.3) is 0 Å². The van der Waals surface area contributed by atoms with Gasteiger partial charge in [-0.15, -0.1) is 0 Å². The van der Waals surface area contributed by atoms with Crippen LogP contribution < -0.4 is 10.6 Å². The normalized spacial score (nSPS) is 22.6. The van der Waals surface area contributed by atoms with Crippen molar-refractivity contribution in [3.05, 3.63) is 35.1 Å². The number of piperidine rings is 1. The molecule has 2 aliphatic rings. The number of ether oxygens (including phenoxy) is 1. The summed E-state index contributed by atoms with van der Waals surface area (Å²) in [5, 5.41) is 18.2. The lowest BCUT2D eigenvalue weighted by Gasteiger charge is -2.43. The minimum Gasteiger partial charge on any atom is -0.385 e. The number of benzene rings is 1. The third-order valence-electron chi connectivity index (χ3n) is 8.43. The molecule has 3 rings (SSSR count). The zero-order valence-corrected chi connectivity index (χ0v) is 23.2. The van der Waals surface area contributed by atoms with Crippen LogP contribution in [0.5, 0.6) is 0 Å². The van der Waals surface area contributed by atoms with Gasteiger partial charge in [0.2, 0.25) is 5.92 Å². The van der Waals surface area contributed by atoms with E-state index in [1.54, 1.807) is 37.1 Å². The van der Waals surface area contributed by atoms with E-state index >= 15 is 4.39 Å². The van der Waals surface area contributed by atoms with Crippen LogP contribution in [-0.2, 0) is 10.3 Å². The van der Waals surface area contributed by atoms with Crippen LogP contribution in [-0.4, -0.2) is 68.4 Å². The number of urea groups is 1. The first-order valence-electron chi connectivity index (χ1n) is 14.1. The molecule has 1 unspecified atom stereocenters. The zero-order chi connectivity index (χ0) is 27.8. The third kappa shape index (κ3) is 8.09. The summed E-state index contributed by atoms with van der Waals surface area (Å²) in [6.07, 6.45) is 4.60. The van der Waals surface area contributed by atoms with Crippen LogP contribution >= 0.6 is 0 Å². The first-order chi connectivity index (χ1) is 18.1. The van der Waals surface area contributed by atoms with E-state index in [1.165, 1.54) is 0 Å².